The Labute approximate surface area is 184 Å². The molecule has 0 unspecified atom stereocenters. The number of ether oxygens (including phenoxy) is 3. The third-order valence-electron chi connectivity index (χ3n) is 6.55. The number of hydrogen-bond donors (Lipinski definition) is 1. The zero-order valence-corrected chi connectivity index (χ0v) is 18.5. The SMILES string of the molecule is CCCOc1ccc2c(c1)[C@H]1O[C@@H](CCc3ccccc3)[C@H](C(=O)O)C[C@@H]1C(C)(C)O2. The van der Waals surface area contributed by atoms with Gasteiger partial charge < -0.3 is 19.3 Å². The van der Waals surface area contributed by atoms with Gasteiger partial charge in [-0.25, -0.2) is 0 Å². The number of carbonyl (C=O) groups is 1. The summed E-state index contributed by atoms with van der Waals surface area (Å²) in [5.74, 6) is 0.209. The van der Waals surface area contributed by atoms with Crippen LogP contribution in [0.25, 0.3) is 0 Å². The fraction of sp³-hybridized carbons (Fsp3) is 0.500. The predicted octanol–water partition coefficient (Wildman–Crippen LogP) is 5.43. The number of hydrogen-bond acceptors (Lipinski definition) is 4. The number of rotatable bonds is 7. The maximum atomic E-state index is 12.1. The van der Waals surface area contributed by atoms with Crippen molar-refractivity contribution in [3.63, 3.8) is 0 Å². The minimum atomic E-state index is -0.793. The van der Waals surface area contributed by atoms with Crippen LogP contribution in [0.15, 0.2) is 48.5 Å². The van der Waals surface area contributed by atoms with Crippen LogP contribution in [-0.2, 0) is 16.0 Å². The average Bonchev–Trinajstić information content (AvgIpc) is 2.76. The van der Waals surface area contributed by atoms with E-state index >= 15 is 0 Å². The number of benzene rings is 2. The summed E-state index contributed by atoms with van der Waals surface area (Å²) < 4.78 is 18.7. The molecule has 31 heavy (non-hydrogen) atoms. The highest BCUT2D eigenvalue weighted by Crippen LogP contribution is 2.53. The number of aryl methyl sites for hydroxylation is 1. The largest absolute Gasteiger partial charge is 0.494 e. The standard InChI is InChI=1S/C26H32O5/c1-4-14-29-18-11-13-23-19(15-18)24-21(26(2,3)31-23)16-20(25(27)28)22(30-24)12-10-17-8-6-5-7-9-17/h5-9,11,13,15,20-22,24H,4,10,12,14,16H2,1-3H3,(H,27,28)/t20-,21+,22+,24-/m1/s1. The second-order valence-corrected chi connectivity index (χ2v) is 9.16. The van der Waals surface area contributed by atoms with Gasteiger partial charge in [-0.1, -0.05) is 37.3 Å². The van der Waals surface area contributed by atoms with E-state index in [9.17, 15) is 9.90 Å². The van der Waals surface area contributed by atoms with Gasteiger partial charge in [-0.05, 0) is 63.3 Å². The number of carboxylic acid groups (broad SMARTS) is 1. The molecule has 5 heteroatoms. The molecule has 2 aliphatic heterocycles. The van der Waals surface area contributed by atoms with Gasteiger partial charge in [-0.15, -0.1) is 0 Å². The Balaban J connectivity index is 1.62. The third kappa shape index (κ3) is 4.57. The Morgan fingerprint density at radius 2 is 1.97 bits per heavy atom. The molecule has 4 atom stereocenters. The highest BCUT2D eigenvalue weighted by molar-refractivity contribution is 5.71. The molecule has 0 radical (unpaired) electrons. The summed E-state index contributed by atoms with van der Waals surface area (Å²) >= 11 is 0. The number of fused-ring (bicyclic) bond motifs is 3. The first-order chi connectivity index (χ1) is 14.9. The summed E-state index contributed by atoms with van der Waals surface area (Å²) in [5, 5.41) is 9.96. The van der Waals surface area contributed by atoms with Crippen LogP contribution in [0.3, 0.4) is 0 Å². The van der Waals surface area contributed by atoms with Crippen molar-refractivity contribution in [1.29, 1.82) is 0 Å². The molecule has 5 nitrogen and oxygen atoms in total. The van der Waals surface area contributed by atoms with Crippen molar-refractivity contribution < 1.29 is 24.1 Å². The Hall–Kier alpha value is -2.53. The molecular formula is C26H32O5. The predicted molar refractivity (Wildman–Crippen MR) is 119 cm³/mol. The first kappa shape index (κ1) is 21.7. The maximum absolute atomic E-state index is 12.1. The van der Waals surface area contributed by atoms with E-state index in [-0.39, 0.29) is 18.1 Å². The van der Waals surface area contributed by atoms with Crippen molar-refractivity contribution in [1.82, 2.24) is 0 Å². The van der Waals surface area contributed by atoms with Crippen LogP contribution in [0.1, 0.15) is 57.3 Å². The lowest BCUT2D eigenvalue weighted by molar-refractivity contribution is -0.188. The van der Waals surface area contributed by atoms with E-state index < -0.39 is 17.5 Å². The molecule has 1 fully saturated rings. The van der Waals surface area contributed by atoms with E-state index in [1.54, 1.807) is 0 Å². The molecule has 4 rings (SSSR count). The summed E-state index contributed by atoms with van der Waals surface area (Å²) in [6.45, 7) is 6.79. The van der Waals surface area contributed by atoms with E-state index in [2.05, 4.69) is 19.1 Å². The van der Waals surface area contributed by atoms with Crippen LogP contribution in [-0.4, -0.2) is 29.4 Å². The van der Waals surface area contributed by atoms with Crippen LogP contribution >= 0.6 is 0 Å². The molecule has 0 bridgehead atoms. The monoisotopic (exact) mass is 424 g/mol. The van der Waals surface area contributed by atoms with Crippen molar-refractivity contribution in [3.05, 3.63) is 59.7 Å². The topological polar surface area (TPSA) is 65.0 Å². The van der Waals surface area contributed by atoms with Gasteiger partial charge in [0.25, 0.3) is 0 Å². The van der Waals surface area contributed by atoms with E-state index in [1.807, 2.05) is 50.2 Å². The summed E-state index contributed by atoms with van der Waals surface area (Å²) in [4.78, 5) is 12.1. The highest BCUT2D eigenvalue weighted by Gasteiger charge is 2.52. The van der Waals surface area contributed by atoms with Crippen LogP contribution < -0.4 is 9.47 Å². The van der Waals surface area contributed by atoms with Gasteiger partial charge in [0, 0.05) is 11.5 Å². The van der Waals surface area contributed by atoms with Crippen molar-refractivity contribution in [2.24, 2.45) is 11.8 Å². The molecule has 1 N–H and O–H groups in total. The summed E-state index contributed by atoms with van der Waals surface area (Å²) in [6, 6.07) is 16.0. The van der Waals surface area contributed by atoms with Crippen LogP contribution in [0.4, 0.5) is 0 Å². The van der Waals surface area contributed by atoms with Crippen molar-refractivity contribution in [2.45, 2.75) is 64.3 Å². The van der Waals surface area contributed by atoms with E-state index in [4.69, 9.17) is 14.2 Å². The van der Waals surface area contributed by atoms with Gasteiger partial charge in [0.2, 0.25) is 0 Å². The first-order valence-electron chi connectivity index (χ1n) is 11.3. The second kappa shape index (κ2) is 8.91. The number of aliphatic carboxylic acids is 1. The minimum absolute atomic E-state index is 0.0458. The Morgan fingerprint density at radius 3 is 2.68 bits per heavy atom. The summed E-state index contributed by atoms with van der Waals surface area (Å²) in [5.41, 5.74) is 1.65. The zero-order valence-electron chi connectivity index (χ0n) is 18.5. The van der Waals surface area contributed by atoms with E-state index in [0.717, 1.165) is 29.9 Å². The molecule has 1 saturated heterocycles. The van der Waals surface area contributed by atoms with Gasteiger partial charge in [-0.2, -0.15) is 0 Å². The fourth-order valence-electron chi connectivity index (χ4n) is 4.86. The molecule has 2 aliphatic rings. The molecule has 166 valence electrons. The lowest BCUT2D eigenvalue weighted by atomic mass is 9.71. The molecular weight excluding hydrogens is 392 g/mol. The van der Waals surface area contributed by atoms with E-state index in [1.165, 1.54) is 5.56 Å². The first-order valence-corrected chi connectivity index (χ1v) is 11.3. The second-order valence-electron chi connectivity index (χ2n) is 9.16. The molecule has 0 amide bonds. The van der Waals surface area contributed by atoms with Crippen molar-refractivity contribution in [2.75, 3.05) is 6.61 Å². The summed E-state index contributed by atoms with van der Waals surface area (Å²) in [6.07, 6.45) is 2.38. The van der Waals surface area contributed by atoms with Gasteiger partial charge in [0.1, 0.15) is 17.1 Å². The van der Waals surface area contributed by atoms with Crippen molar-refractivity contribution >= 4 is 5.97 Å². The van der Waals surface area contributed by atoms with Crippen LogP contribution in [0.2, 0.25) is 0 Å². The Morgan fingerprint density at radius 1 is 1.19 bits per heavy atom. The fourth-order valence-corrected chi connectivity index (χ4v) is 4.86. The Bertz CT molecular complexity index is 907. The summed E-state index contributed by atoms with van der Waals surface area (Å²) in [7, 11) is 0. The molecule has 2 aromatic rings. The molecule has 0 saturated carbocycles. The van der Waals surface area contributed by atoms with Crippen LogP contribution in [0.5, 0.6) is 11.5 Å². The zero-order chi connectivity index (χ0) is 22.0. The smallest absolute Gasteiger partial charge is 0.309 e. The quantitative estimate of drug-likeness (QED) is 0.642. The highest BCUT2D eigenvalue weighted by atomic mass is 16.5. The third-order valence-corrected chi connectivity index (χ3v) is 6.55. The number of carboxylic acids is 1. The minimum Gasteiger partial charge on any atom is -0.494 e. The Kier molecular flexibility index (Phi) is 6.24. The lowest BCUT2D eigenvalue weighted by Gasteiger charge is -2.50. The van der Waals surface area contributed by atoms with Gasteiger partial charge in [-0.3, -0.25) is 4.79 Å². The average molecular weight is 425 g/mol. The normalized spacial score (nSPS) is 26.3. The molecule has 0 aliphatic carbocycles. The van der Waals surface area contributed by atoms with E-state index in [0.29, 0.717) is 19.4 Å². The molecule has 2 heterocycles. The maximum Gasteiger partial charge on any atom is 0.309 e. The molecule has 0 aromatic heterocycles. The van der Waals surface area contributed by atoms with Gasteiger partial charge in [0.05, 0.1) is 24.7 Å². The molecule has 0 spiro atoms. The van der Waals surface area contributed by atoms with Gasteiger partial charge >= 0.3 is 5.97 Å². The van der Waals surface area contributed by atoms with Gasteiger partial charge in [0.15, 0.2) is 0 Å². The molecule has 2 aromatic carbocycles. The lowest BCUT2D eigenvalue weighted by Crippen LogP contribution is -2.52. The van der Waals surface area contributed by atoms with Crippen molar-refractivity contribution in [3.8, 4) is 11.5 Å². The van der Waals surface area contributed by atoms with Crippen LogP contribution in [0, 0.1) is 11.8 Å².